The SMILES string of the molecule is CCc1nc2cncnc2n1CC(=O)OC1C[C@H](C)CC[C@H]1C(C)C.CCc1nc2ncncc2n1CC(=O)OC1C[C@H](C)CC[C@H]1C(C)C. The van der Waals surface area contributed by atoms with Crippen molar-refractivity contribution in [2.24, 2.45) is 35.5 Å². The van der Waals surface area contributed by atoms with Crippen LogP contribution in [0.1, 0.15) is 106 Å². The number of hydrogen-bond donors (Lipinski definition) is 0. The van der Waals surface area contributed by atoms with Gasteiger partial charge in [-0.05, 0) is 61.2 Å². The molecule has 2 aliphatic carbocycles. The Bertz CT molecular complexity index is 1610. The molecule has 4 aromatic rings. The number of carbonyl (C=O) groups excluding carboxylic acids is 2. The Morgan fingerprint density at radius 1 is 0.740 bits per heavy atom. The summed E-state index contributed by atoms with van der Waals surface area (Å²) in [7, 11) is 0. The molecule has 4 heterocycles. The van der Waals surface area contributed by atoms with Crippen LogP contribution in [0.3, 0.4) is 0 Å². The summed E-state index contributed by atoms with van der Waals surface area (Å²) in [4.78, 5) is 50.9. The minimum absolute atomic E-state index is 0.0192. The number of aryl methyl sites for hydroxylation is 2. The van der Waals surface area contributed by atoms with Crippen molar-refractivity contribution in [1.29, 1.82) is 0 Å². The van der Waals surface area contributed by atoms with Gasteiger partial charge >= 0.3 is 11.9 Å². The van der Waals surface area contributed by atoms with Crippen LogP contribution in [0.4, 0.5) is 0 Å². The standard InChI is InChI=1S/2C19H28N4O2/c1-5-17-22-19-15(9-20-11-21-19)23(17)10-18(24)25-16-8-13(4)6-7-14(16)12(2)3;1-5-17-22-15-9-20-11-21-19(15)23(17)10-18(24)25-16-8-13(4)6-7-14(16)12(2)3/h2*9,11-14,16H,5-8,10H2,1-4H3/t2*13-,14+,16?/m11/s1. The molecule has 0 aliphatic heterocycles. The molecule has 12 heteroatoms. The van der Waals surface area contributed by atoms with Gasteiger partial charge < -0.3 is 18.6 Å². The Morgan fingerprint density at radius 2 is 1.26 bits per heavy atom. The third-order valence-electron chi connectivity index (χ3n) is 10.7. The molecule has 2 saturated carbocycles. The highest BCUT2D eigenvalue weighted by atomic mass is 16.5. The van der Waals surface area contributed by atoms with E-state index in [9.17, 15) is 9.59 Å². The van der Waals surface area contributed by atoms with Crippen molar-refractivity contribution >= 4 is 34.3 Å². The number of nitrogens with zero attached hydrogens (tertiary/aromatic N) is 8. The number of aromatic nitrogens is 8. The Labute approximate surface area is 296 Å². The number of hydrogen-bond acceptors (Lipinski definition) is 10. The van der Waals surface area contributed by atoms with Crippen molar-refractivity contribution in [1.82, 2.24) is 39.0 Å². The number of carbonyl (C=O) groups is 2. The first-order chi connectivity index (χ1) is 24.0. The molecule has 0 amide bonds. The zero-order chi connectivity index (χ0) is 35.9. The maximum atomic E-state index is 12.7. The number of ether oxygens (including phenoxy) is 2. The van der Waals surface area contributed by atoms with Crippen molar-refractivity contribution in [3.8, 4) is 0 Å². The fourth-order valence-electron chi connectivity index (χ4n) is 7.89. The monoisotopic (exact) mass is 688 g/mol. The van der Waals surface area contributed by atoms with E-state index in [0.29, 0.717) is 46.8 Å². The molecule has 0 saturated heterocycles. The average molecular weight is 689 g/mol. The van der Waals surface area contributed by atoms with E-state index >= 15 is 0 Å². The third kappa shape index (κ3) is 8.84. The molecule has 0 aromatic carbocycles. The smallest absolute Gasteiger partial charge is 0.326 e. The minimum atomic E-state index is -0.197. The molecule has 272 valence electrons. The van der Waals surface area contributed by atoms with E-state index in [1.807, 2.05) is 23.0 Å². The maximum absolute atomic E-state index is 12.7. The van der Waals surface area contributed by atoms with E-state index in [0.717, 1.165) is 61.2 Å². The van der Waals surface area contributed by atoms with Crippen LogP contribution in [0.25, 0.3) is 22.3 Å². The van der Waals surface area contributed by atoms with Crippen molar-refractivity contribution in [2.75, 3.05) is 0 Å². The molecule has 4 aromatic heterocycles. The van der Waals surface area contributed by atoms with Crippen LogP contribution >= 0.6 is 0 Å². The minimum Gasteiger partial charge on any atom is -0.461 e. The molecular weight excluding hydrogens is 632 g/mol. The van der Waals surface area contributed by atoms with Crippen LogP contribution in [0, 0.1) is 35.5 Å². The first-order valence-electron chi connectivity index (χ1n) is 18.7. The molecule has 0 spiro atoms. The highest BCUT2D eigenvalue weighted by Crippen LogP contribution is 2.36. The van der Waals surface area contributed by atoms with Gasteiger partial charge in [0.25, 0.3) is 0 Å². The molecule has 0 radical (unpaired) electrons. The molecule has 0 N–H and O–H groups in total. The topological polar surface area (TPSA) is 140 Å². The van der Waals surface area contributed by atoms with Gasteiger partial charge in [0.1, 0.15) is 60.6 Å². The van der Waals surface area contributed by atoms with E-state index in [1.165, 1.54) is 25.5 Å². The second-order valence-electron chi connectivity index (χ2n) is 15.1. The number of esters is 2. The summed E-state index contributed by atoms with van der Waals surface area (Å²) in [5, 5.41) is 0. The summed E-state index contributed by atoms with van der Waals surface area (Å²) in [6.07, 6.45) is 14.5. The average Bonchev–Trinajstić information content (AvgIpc) is 3.62. The maximum Gasteiger partial charge on any atom is 0.326 e. The second kappa shape index (κ2) is 16.8. The van der Waals surface area contributed by atoms with E-state index < -0.39 is 0 Å². The lowest BCUT2D eigenvalue weighted by molar-refractivity contribution is -0.157. The zero-order valence-electron chi connectivity index (χ0n) is 31.2. The molecule has 2 aliphatic rings. The van der Waals surface area contributed by atoms with Gasteiger partial charge in [0.15, 0.2) is 11.3 Å². The summed E-state index contributed by atoms with van der Waals surface area (Å²) in [6.45, 7) is 17.7. The highest BCUT2D eigenvalue weighted by Gasteiger charge is 2.35. The first-order valence-corrected chi connectivity index (χ1v) is 18.7. The highest BCUT2D eigenvalue weighted by molar-refractivity contribution is 5.76. The van der Waals surface area contributed by atoms with Crippen LogP contribution in [-0.2, 0) is 45.0 Å². The summed E-state index contributed by atoms with van der Waals surface area (Å²) >= 11 is 0. The quantitative estimate of drug-likeness (QED) is 0.164. The van der Waals surface area contributed by atoms with Gasteiger partial charge in [0.2, 0.25) is 0 Å². The van der Waals surface area contributed by atoms with Crippen molar-refractivity contribution in [3.05, 3.63) is 36.7 Å². The number of fused-ring (bicyclic) bond motifs is 2. The second-order valence-corrected chi connectivity index (χ2v) is 15.1. The largest absolute Gasteiger partial charge is 0.461 e. The van der Waals surface area contributed by atoms with Gasteiger partial charge in [-0.25, -0.2) is 29.9 Å². The van der Waals surface area contributed by atoms with Crippen LogP contribution in [0.2, 0.25) is 0 Å². The molecule has 0 bridgehead atoms. The Balaban J connectivity index is 0.000000194. The van der Waals surface area contributed by atoms with Gasteiger partial charge in [-0.3, -0.25) is 9.59 Å². The predicted octanol–water partition coefficient (Wildman–Crippen LogP) is 6.79. The van der Waals surface area contributed by atoms with Gasteiger partial charge in [-0.2, -0.15) is 0 Å². The van der Waals surface area contributed by atoms with Crippen LogP contribution in [-0.4, -0.2) is 63.2 Å². The van der Waals surface area contributed by atoms with E-state index in [1.54, 1.807) is 12.4 Å². The molecule has 50 heavy (non-hydrogen) atoms. The molecule has 2 fully saturated rings. The summed E-state index contributed by atoms with van der Waals surface area (Å²) in [6, 6.07) is 0. The van der Waals surface area contributed by atoms with E-state index in [-0.39, 0.29) is 37.2 Å². The fourth-order valence-corrected chi connectivity index (χ4v) is 7.89. The number of rotatable bonds is 10. The van der Waals surface area contributed by atoms with Crippen LogP contribution in [0.15, 0.2) is 25.0 Å². The summed E-state index contributed by atoms with van der Waals surface area (Å²) in [5.41, 5.74) is 2.83. The summed E-state index contributed by atoms with van der Waals surface area (Å²) in [5.74, 6) is 4.47. The lowest BCUT2D eigenvalue weighted by Crippen LogP contribution is -2.36. The summed E-state index contributed by atoms with van der Waals surface area (Å²) < 4.78 is 15.6. The zero-order valence-corrected chi connectivity index (χ0v) is 31.2. The lowest BCUT2D eigenvalue weighted by atomic mass is 9.75. The Hall–Kier alpha value is -3.96. The lowest BCUT2D eigenvalue weighted by Gasteiger charge is -2.36. The molecule has 12 nitrogen and oxygen atoms in total. The first kappa shape index (κ1) is 37.3. The van der Waals surface area contributed by atoms with Crippen molar-refractivity contribution < 1.29 is 19.1 Å². The normalized spacial score (nSPS) is 24.0. The molecule has 6 atom stereocenters. The predicted molar refractivity (Wildman–Crippen MR) is 192 cm³/mol. The third-order valence-corrected chi connectivity index (χ3v) is 10.7. The number of imidazole rings is 2. The van der Waals surface area contributed by atoms with Gasteiger partial charge in [0, 0.05) is 12.8 Å². The van der Waals surface area contributed by atoms with E-state index in [4.69, 9.17) is 9.47 Å². The van der Waals surface area contributed by atoms with Crippen LogP contribution < -0.4 is 0 Å². The van der Waals surface area contributed by atoms with Crippen LogP contribution in [0.5, 0.6) is 0 Å². The Kier molecular flexibility index (Phi) is 12.6. The fraction of sp³-hybridized carbons (Fsp3) is 0.684. The molecule has 2 unspecified atom stereocenters. The van der Waals surface area contributed by atoms with Gasteiger partial charge in [0.05, 0.1) is 12.4 Å². The van der Waals surface area contributed by atoms with Crippen molar-refractivity contribution in [2.45, 2.75) is 132 Å². The van der Waals surface area contributed by atoms with Crippen molar-refractivity contribution in [3.63, 3.8) is 0 Å². The Morgan fingerprint density at radius 3 is 1.82 bits per heavy atom. The van der Waals surface area contributed by atoms with Gasteiger partial charge in [-0.15, -0.1) is 0 Å². The van der Waals surface area contributed by atoms with Gasteiger partial charge in [-0.1, -0.05) is 68.2 Å². The molecule has 6 rings (SSSR count). The van der Waals surface area contributed by atoms with E-state index in [2.05, 4.69) is 71.4 Å². The molecular formula is C38H56N8O4.